The SMILES string of the molecule is CC(=O)Nc1ccc(CC(=O)NC(CC(C)C)c2cccc(C(F)(F)F)c2)cc1. The van der Waals surface area contributed by atoms with Crippen molar-refractivity contribution in [2.24, 2.45) is 5.92 Å². The molecule has 2 N–H and O–H groups in total. The minimum atomic E-state index is -4.43. The maximum atomic E-state index is 13.0. The number of rotatable bonds is 7. The molecule has 0 saturated carbocycles. The molecule has 7 heteroatoms. The van der Waals surface area contributed by atoms with Crippen molar-refractivity contribution < 1.29 is 22.8 Å². The summed E-state index contributed by atoms with van der Waals surface area (Å²) in [7, 11) is 0. The molecule has 0 aliphatic carbocycles. The maximum Gasteiger partial charge on any atom is 0.416 e. The third-order valence-corrected chi connectivity index (χ3v) is 4.30. The van der Waals surface area contributed by atoms with Gasteiger partial charge in [-0.25, -0.2) is 0 Å². The van der Waals surface area contributed by atoms with Crippen LogP contribution in [0, 0.1) is 5.92 Å². The van der Waals surface area contributed by atoms with Gasteiger partial charge < -0.3 is 10.6 Å². The summed E-state index contributed by atoms with van der Waals surface area (Å²) >= 11 is 0. The van der Waals surface area contributed by atoms with Crippen molar-refractivity contribution in [2.75, 3.05) is 5.32 Å². The highest BCUT2D eigenvalue weighted by molar-refractivity contribution is 5.88. The van der Waals surface area contributed by atoms with Crippen molar-refractivity contribution in [3.8, 4) is 0 Å². The molecule has 1 unspecified atom stereocenters. The molecule has 2 aromatic rings. The van der Waals surface area contributed by atoms with Crippen LogP contribution in [0.1, 0.15) is 49.9 Å². The Morgan fingerprint density at radius 2 is 1.69 bits per heavy atom. The molecule has 0 saturated heterocycles. The van der Waals surface area contributed by atoms with E-state index < -0.39 is 17.8 Å². The molecule has 156 valence electrons. The molecule has 4 nitrogen and oxygen atoms in total. The van der Waals surface area contributed by atoms with Gasteiger partial charge in [-0.05, 0) is 47.7 Å². The number of amides is 2. The summed E-state index contributed by atoms with van der Waals surface area (Å²) in [5.74, 6) is -0.278. The van der Waals surface area contributed by atoms with Crippen LogP contribution in [0.3, 0.4) is 0 Å². The second kappa shape index (κ2) is 9.58. The lowest BCUT2D eigenvalue weighted by molar-refractivity contribution is -0.137. The van der Waals surface area contributed by atoms with Crippen molar-refractivity contribution in [2.45, 2.75) is 45.8 Å². The molecule has 2 amide bonds. The second-order valence-corrected chi connectivity index (χ2v) is 7.43. The van der Waals surface area contributed by atoms with Crippen molar-refractivity contribution in [1.82, 2.24) is 5.32 Å². The number of benzene rings is 2. The summed E-state index contributed by atoms with van der Waals surface area (Å²) in [5.41, 5.74) is 1.07. The summed E-state index contributed by atoms with van der Waals surface area (Å²) in [6.07, 6.45) is -3.82. The molecule has 2 aromatic carbocycles. The highest BCUT2D eigenvalue weighted by Crippen LogP contribution is 2.32. The normalized spacial score (nSPS) is 12.5. The second-order valence-electron chi connectivity index (χ2n) is 7.43. The average Bonchev–Trinajstić information content (AvgIpc) is 2.61. The van der Waals surface area contributed by atoms with Crippen LogP contribution in [-0.2, 0) is 22.2 Å². The third kappa shape index (κ3) is 7.25. The van der Waals surface area contributed by atoms with Crippen LogP contribution in [0.15, 0.2) is 48.5 Å². The number of hydrogen-bond donors (Lipinski definition) is 2. The van der Waals surface area contributed by atoms with Crippen LogP contribution in [-0.4, -0.2) is 11.8 Å². The van der Waals surface area contributed by atoms with Gasteiger partial charge in [0.2, 0.25) is 11.8 Å². The minimum absolute atomic E-state index is 0.0912. The number of halogens is 3. The number of carbonyl (C=O) groups excluding carboxylic acids is 2. The van der Waals surface area contributed by atoms with E-state index in [1.54, 1.807) is 30.3 Å². The van der Waals surface area contributed by atoms with E-state index in [0.29, 0.717) is 17.7 Å². The summed E-state index contributed by atoms with van der Waals surface area (Å²) in [6.45, 7) is 5.31. The lowest BCUT2D eigenvalue weighted by atomic mass is 9.95. The van der Waals surface area contributed by atoms with Gasteiger partial charge in [0.25, 0.3) is 0 Å². The van der Waals surface area contributed by atoms with Crippen LogP contribution in [0.25, 0.3) is 0 Å². The Hall–Kier alpha value is -2.83. The van der Waals surface area contributed by atoms with Gasteiger partial charge in [-0.3, -0.25) is 9.59 Å². The Morgan fingerprint density at radius 3 is 2.24 bits per heavy atom. The van der Waals surface area contributed by atoms with E-state index in [-0.39, 0.29) is 24.2 Å². The Morgan fingerprint density at radius 1 is 1.03 bits per heavy atom. The predicted molar refractivity (Wildman–Crippen MR) is 106 cm³/mol. The lowest BCUT2D eigenvalue weighted by Gasteiger charge is -2.22. The van der Waals surface area contributed by atoms with Gasteiger partial charge in [-0.2, -0.15) is 13.2 Å². The van der Waals surface area contributed by atoms with E-state index >= 15 is 0 Å². The Bertz CT molecular complexity index is 846. The highest BCUT2D eigenvalue weighted by atomic mass is 19.4. The van der Waals surface area contributed by atoms with Crippen molar-refractivity contribution in [3.63, 3.8) is 0 Å². The van der Waals surface area contributed by atoms with Gasteiger partial charge >= 0.3 is 6.18 Å². The molecular formula is C22H25F3N2O2. The molecule has 0 aromatic heterocycles. The zero-order valence-electron chi connectivity index (χ0n) is 16.6. The third-order valence-electron chi connectivity index (χ3n) is 4.30. The molecule has 0 spiro atoms. The van der Waals surface area contributed by atoms with E-state index in [9.17, 15) is 22.8 Å². The van der Waals surface area contributed by atoms with Crippen LogP contribution in [0.4, 0.5) is 18.9 Å². The molecule has 29 heavy (non-hydrogen) atoms. The molecule has 2 rings (SSSR count). The molecule has 0 fully saturated rings. The van der Waals surface area contributed by atoms with E-state index in [1.807, 2.05) is 13.8 Å². The number of carbonyl (C=O) groups is 2. The number of alkyl halides is 3. The van der Waals surface area contributed by atoms with Gasteiger partial charge in [0.1, 0.15) is 0 Å². The van der Waals surface area contributed by atoms with Crippen LogP contribution in [0.2, 0.25) is 0 Å². The first-order valence-electron chi connectivity index (χ1n) is 9.37. The maximum absolute atomic E-state index is 13.0. The van der Waals surface area contributed by atoms with Gasteiger partial charge in [-0.1, -0.05) is 38.1 Å². The Labute approximate surface area is 168 Å². The average molecular weight is 406 g/mol. The molecule has 0 heterocycles. The van der Waals surface area contributed by atoms with Gasteiger partial charge in [0, 0.05) is 12.6 Å². The summed E-state index contributed by atoms with van der Waals surface area (Å²) in [5, 5.41) is 5.51. The van der Waals surface area contributed by atoms with Gasteiger partial charge in [-0.15, -0.1) is 0 Å². The monoisotopic (exact) mass is 406 g/mol. The first-order valence-corrected chi connectivity index (χ1v) is 9.37. The first-order chi connectivity index (χ1) is 13.5. The van der Waals surface area contributed by atoms with E-state index in [1.165, 1.54) is 13.0 Å². The fraction of sp³-hybridized carbons (Fsp3) is 0.364. The zero-order valence-corrected chi connectivity index (χ0v) is 16.6. The quantitative estimate of drug-likeness (QED) is 0.671. The zero-order chi connectivity index (χ0) is 21.6. The summed E-state index contributed by atoms with van der Waals surface area (Å²) < 4.78 is 39.1. The largest absolute Gasteiger partial charge is 0.416 e. The van der Waals surface area contributed by atoms with Crippen molar-refractivity contribution in [3.05, 3.63) is 65.2 Å². The smallest absolute Gasteiger partial charge is 0.349 e. The lowest BCUT2D eigenvalue weighted by Crippen LogP contribution is -2.31. The molecule has 0 aliphatic rings. The van der Waals surface area contributed by atoms with E-state index in [2.05, 4.69) is 10.6 Å². The van der Waals surface area contributed by atoms with E-state index in [4.69, 9.17) is 0 Å². The summed E-state index contributed by atoms with van der Waals surface area (Å²) in [6, 6.07) is 11.4. The Balaban J connectivity index is 2.12. The van der Waals surface area contributed by atoms with E-state index in [0.717, 1.165) is 17.7 Å². The minimum Gasteiger partial charge on any atom is -0.349 e. The number of nitrogens with one attached hydrogen (secondary N) is 2. The fourth-order valence-corrected chi connectivity index (χ4v) is 3.02. The topological polar surface area (TPSA) is 58.2 Å². The fourth-order valence-electron chi connectivity index (χ4n) is 3.02. The van der Waals surface area contributed by atoms with Gasteiger partial charge in [0.15, 0.2) is 0 Å². The van der Waals surface area contributed by atoms with Crippen molar-refractivity contribution in [1.29, 1.82) is 0 Å². The standard InChI is InChI=1S/C22H25F3N2O2/c1-14(2)11-20(17-5-4-6-18(13-17)22(23,24)25)27-21(29)12-16-7-9-19(10-8-16)26-15(3)28/h4-10,13-14,20H,11-12H2,1-3H3,(H,26,28)(H,27,29). The molecular weight excluding hydrogens is 381 g/mol. The molecule has 0 bridgehead atoms. The predicted octanol–water partition coefficient (Wildman–Crippen LogP) is 5.11. The molecule has 1 atom stereocenters. The van der Waals surface area contributed by atoms with Gasteiger partial charge in [0.05, 0.1) is 18.0 Å². The number of anilines is 1. The first kappa shape index (κ1) is 22.5. The van der Waals surface area contributed by atoms with Crippen LogP contribution >= 0.6 is 0 Å². The highest BCUT2D eigenvalue weighted by Gasteiger charge is 2.31. The van der Waals surface area contributed by atoms with Crippen LogP contribution in [0.5, 0.6) is 0 Å². The Kier molecular flexibility index (Phi) is 7.42. The molecule has 0 aliphatic heterocycles. The van der Waals surface area contributed by atoms with Crippen molar-refractivity contribution >= 4 is 17.5 Å². The molecule has 0 radical (unpaired) electrons. The number of hydrogen-bond acceptors (Lipinski definition) is 2. The summed E-state index contributed by atoms with van der Waals surface area (Å²) in [4.78, 5) is 23.6. The van der Waals surface area contributed by atoms with Crippen LogP contribution < -0.4 is 10.6 Å².